The third kappa shape index (κ3) is 4.26. The predicted octanol–water partition coefficient (Wildman–Crippen LogP) is 4.78. The molecule has 1 aliphatic heterocycles. The van der Waals surface area contributed by atoms with Crippen LogP contribution in [0.3, 0.4) is 0 Å². The van der Waals surface area contributed by atoms with Gasteiger partial charge in [0, 0.05) is 4.47 Å². The van der Waals surface area contributed by atoms with Crippen LogP contribution >= 0.6 is 15.9 Å². The van der Waals surface area contributed by atoms with Gasteiger partial charge in [0.25, 0.3) is 0 Å². The molecule has 2 rings (SSSR count). The van der Waals surface area contributed by atoms with E-state index in [2.05, 4.69) is 27.2 Å². The van der Waals surface area contributed by atoms with E-state index in [0.717, 1.165) is 7.11 Å². The fraction of sp³-hybridized carbons (Fsp3) is 0.368. The number of benzene rings is 1. The maximum atomic E-state index is 13.3. The number of nitrogens with zero attached hydrogens (tertiary/aromatic N) is 1. The molecule has 1 aromatic carbocycles. The summed E-state index contributed by atoms with van der Waals surface area (Å²) in [5.74, 6) is -3.79. The van der Waals surface area contributed by atoms with E-state index < -0.39 is 35.7 Å². The van der Waals surface area contributed by atoms with Crippen LogP contribution in [0, 0.1) is 11.8 Å². The predicted molar refractivity (Wildman–Crippen MR) is 97.4 cm³/mol. The maximum Gasteiger partial charge on any atom is 0.471 e. The maximum absolute atomic E-state index is 13.3. The number of alkyl halides is 3. The molecular formula is C19H19BrF3NO3. The zero-order valence-corrected chi connectivity index (χ0v) is 16.4. The fourth-order valence-corrected chi connectivity index (χ4v) is 3.83. The number of hydrogen-bond donors (Lipinski definition) is 0. The molecule has 0 aliphatic carbocycles. The molecule has 1 aromatic rings. The van der Waals surface area contributed by atoms with Crippen molar-refractivity contribution >= 4 is 27.8 Å². The van der Waals surface area contributed by atoms with Crippen LogP contribution in [0.4, 0.5) is 13.2 Å². The average molecular weight is 446 g/mol. The van der Waals surface area contributed by atoms with Crippen LogP contribution in [0.15, 0.2) is 53.2 Å². The number of carbonyl (C=O) groups is 2. The Morgan fingerprint density at radius 3 is 2.48 bits per heavy atom. The van der Waals surface area contributed by atoms with Gasteiger partial charge in [-0.3, -0.25) is 9.69 Å². The number of rotatable bonds is 4. The van der Waals surface area contributed by atoms with Gasteiger partial charge < -0.3 is 4.74 Å². The van der Waals surface area contributed by atoms with Gasteiger partial charge in [0.1, 0.15) is 5.70 Å². The molecule has 1 amide bonds. The van der Waals surface area contributed by atoms with Crippen molar-refractivity contribution in [1.82, 2.24) is 4.90 Å². The van der Waals surface area contributed by atoms with E-state index in [0.29, 0.717) is 21.4 Å². The molecule has 0 aromatic heterocycles. The van der Waals surface area contributed by atoms with Crippen molar-refractivity contribution in [2.75, 3.05) is 7.11 Å². The van der Waals surface area contributed by atoms with Gasteiger partial charge in [-0.1, -0.05) is 47.1 Å². The molecule has 146 valence electrons. The summed E-state index contributed by atoms with van der Waals surface area (Å²) in [5.41, 5.74) is 0.0664. The minimum Gasteiger partial charge on any atom is -0.464 e. The summed E-state index contributed by atoms with van der Waals surface area (Å²) in [6.45, 7) is 5.42. The van der Waals surface area contributed by atoms with Crippen LogP contribution in [0.2, 0.25) is 0 Å². The second kappa shape index (κ2) is 8.29. The summed E-state index contributed by atoms with van der Waals surface area (Å²) in [6.07, 6.45) is -1.70. The van der Waals surface area contributed by atoms with Gasteiger partial charge in [0.05, 0.1) is 13.2 Å². The molecule has 0 saturated carbocycles. The van der Waals surface area contributed by atoms with E-state index in [4.69, 9.17) is 0 Å². The summed E-state index contributed by atoms with van der Waals surface area (Å²) < 4.78 is 45.2. The Balaban J connectivity index is 2.73. The molecular weight excluding hydrogens is 427 g/mol. The third-order valence-electron chi connectivity index (χ3n) is 4.60. The van der Waals surface area contributed by atoms with Crippen molar-refractivity contribution in [2.45, 2.75) is 25.6 Å². The average Bonchev–Trinajstić information content (AvgIpc) is 2.62. The number of esters is 1. The van der Waals surface area contributed by atoms with E-state index in [-0.39, 0.29) is 5.92 Å². The van der Waals surface area contributed by atoms with Gasteiger partial charge >= 0.3 is 18.1 Å². The topological polar surface area (TPSA) is 46.6 Å². The van der Waals surface area contributed by atoms with Gasteiger partial charge in [0.15, 0.2) is 0 Å². The molecule has 0 spiro atoms. The summed E-state index contributed by atoms with van der Waals surface area (Å²) in [6, 6.07) is 5.69. The van der Waals surface area contributed by atoms with E-state index in [1.807, 2.05) is 0 Å². The summed E-state index contributed by atoms with van der Waals surface area (Å²) in [5, 5.41) is 0. The second-order valence-electron chi connectivity index (χ2n) is 6.23. The number of methoxy groups -OCH3 is 1. The number of carbonyl (C=O) groups excluding carboxylic acids is 2. The Hall–Kier alpha value is -2.09. The molecule has 3 atom stereocenters. The second-order valence-corrected chi connectivity index (χ2v) is 7.08. The smallest absolute Gasteiger partial charge is 0.464 e. The highest BCUT2D eigenvalue weighted by Gasteiger charge is 2.51. The lowest BCUT2D eigenvalue weighted by atomic mass is 9.77. The Morgan fingerprint density at radius 1 is 1.33 bits per heavy atom. The van der Waals surface area contributed by atoms with Crippen LogP contribution in [0.1, 0.15) is 24.9 Å². The first-order valence-corrected chi connectivity index (χ1v) is 8.98. The highest BCUT2D eigenvalue weighted by atomic mass is 79.9. The molecule has 4 nitrogen and oxygen atoms in total. The number of halogens is 4. The van der Waals surface area contributed by atoms with E-state index in [9.17, 15) is 22.8 Å². The number of allylic oxidation sites excluding steroid dienone is 2. The highest BCUT2D eigenvalue weighted by molar-refractivity contribution is 9.10. The van der Waals surface area contributed by atoms with Crippen molar-refractivity contribution in [3.8, 4) is 0 Å². The molecule has 0 radical (unpaired) electrons. The van der Waals surface area contributed by atoms with E-state index in [1.165, 1.54) is 6.08 Å². The molecule has 0 unspecified atom stereocenters. The summed E-state index contributed by atoms with van der Waals surface area (Å²) >= 11 is 3.34. The lowest BCUT2D eigenvalue weighted by Gasteiger charge is -2.43. The van der Waals surface area contributed by atoms with Crippen LogP contribution < -0.4 is 0 Å². The Labute approximate surface area is 163 Å². The Morgan fingerprint density at radius 2 is 1.96 bits per heavy atom. The van der Waals surface area contributed by atoms with Gasteiger partial charge in [-0.05, 0) is 36.0 Å². The summed E-state index contributed by atoms with van der Waals surface area (Å²) in [7, 11) is 1.06. The first-order valence-electron chi connectivity index (χ1n) is 8.19. The van der Waals surface area contributed by atoms with Crippen molar-refractivity contribution in [2.24, 2.45) is 11.8 Å². The first-order chi connectivity index (χ1) is 12.6. The molecule has 0 saturated heterocycles. The van der Waals surface area contributed by atoms with Crippen LogP contribution in [-0.2, 0) is 14.3 Å². The molecule has 0 fully saturated rings. The van der Waals surface area contributed by atoms with E-state index in [1.54, 1.807) is 37.3 Å². The highest BCUT2D eigenvalue weighted by Crippen LogP contribution is 2.45. The third-order valence-corrected chi connectivity index (χ3v) is 5.32. The van der Waals surface area contributed by atoms with Gasteiger partial charge in [-0.25, -0.2) is 4.79 Å². The molecule has 1 heterocycles. The Kier molecular flexibility index (Phi) is 6.51. The minimum absolute atomic E-state index is 0.286. The standard InChI is InChI=1S/C19H19BrF3NO3/c1-4-7-12-10-15(17(25)27-3)24(18(26)19(21,22)23)16(11(12)2)13-8-5-6-9-14(13)20/h4-6,8-12,16H,1,7H2,2-3H3/t11-,12-,16-/m1/s1. The lowest BCUT2D eigenvalue weighted by molar-refractivity contribution is -0.188. The number of amides is 1. The monoisotopic (exact) mass is 445 g/mol. The van der Waals surface area contributed by atoms with Crippen LogP contribution in [0.25, 0.3) is 0 Å². The van der Waals surface area contributed by atoms with Crippen molar-refractivity contribution < 1.29 is 27.5 Å². The van der Waals surface area contributed by atoms with Gasteiger partial charge in [-0.15, -0.1) is 6.58 Å². The molecule has 8 heteroatoms. The lowest BCUT2D eigenvalue weighted by Crippen LogP contribution is -2.49. The van der Waals surface area contributed by atoms with Crippen LogP contribution in [0.5, 0.6) is 0 Å². The van der Waals surface area contributed by atoms with E-state index >= 15 is 0 Å². The number of ether oxygens (including phenoxy) is 1. The van der Waals surface area contributed by atoms with Crippen molar-refractivity contribution in [1.29, 1.82) is 0 Å². The van der Waals surface area contributed by atoms with Gasteiger partial charge in [-0.2, -0.15) is 13.2 Å². The van der Waals surface area contributed by atoms with Crippen molar-refractivity contribution in [3.05, 3.63) is 58.7 Å². The molecule has 1 aliphatic rings. The zero-order chi connectivity index (χ0) is 20.4. The largest absolute Gasteiger partial charge is 0.471 e. The quantitative estimate of drug-likeness (QED) is 0.494. The molecule has 0 N–H and O–H groups in total. The normalized spacial score (nSPS) is 22.8. The fourth-order valence-electron chi connectivity index (χ4n) is 3.31. The zero-order valence-electron chi connectivity index (χ0n) is 14.8. The van der Waals surface area contributed by atoms with Crippen LogP contribution in [-0.4, -0.2) is 30.1 Å². The number of hydrogen-bond acceptors (Lipinski definition) is 3. The van der Waals surface area contributed by atoms with Crippen molar-refractivity contribution in [3.63, 3.8) is 0 Å². The minimum atomic E-state index is -5.14. The first kappa shape index (κ1) is 21.2. The molecule has 27 heavy (non-hydrogen) atoms. The summed E-state index contributed by atoms with van der Waals surface area (Å²) in [4.78, 5) is 25.0. The SMILES string of the molecule is C=CC[C@@H]1C=C(C(=O)OC)N(C(=O)C(F)(F)F)[C@@H](c2ccccc2Br)[C@@H]1C. The van der Waals surface area contributed by atoms with Gasteiger partial charge in [0.2, 0.25) is 0 Å². The Bertz CT molecular complexity index is 776. The molecule has 0 bridgehead atoms.